The molecule has 29 heavy (non-hydrogen) atoms. The fourth-order valence-corrected chi connectivity index (χ4v) is 2.89. The van der Waals surface area contributed by atoms with Crippen LogP contribution < -0.4 is 21.7 Å². The summed E-state index contributed by atoms with van der Waals surface area (Å²) < 4.78 is 41.2. The number of benzene rings is 1. The Morgan fingerprint density at radius 2 is 1.93 bits per heavy atom. The summed E-state index contributed by atoms with van der Waals surface area (Å²) in [6.45, 7) is 1.22. The number of nitrogens with one attached hydrogen (secondary N) is 3. The normalized spacial score (nSPS) is 14.1. The molecule has 8 nitrogen and oxygen atoms in total. The molecule has 1 fully saturated rings. The smallest absolute Gasteiger partial charge is 0.382 e. The lowest BCUT2D eigenvalue weighted by Gasteiger charge is -2.15. The summed E-state index contributed by atoms with van der Waals surface area (Å²) in [5, 5.41) is 12.9. The van der Waals surface area contributed by atoms with Crippen LogP contribution in [0.5, 0.6) is 0 Å². The molecule has 1 aliphatic rings. The van der Waals surface area contributed by atoms with E-state index in [1.807, 2.05) is 0 Å². The van der Waals surface area contributed by atoms with Crippen LogP contribution in [0.2, 0.25) is 0 Å². The van der Waals surface area contributed by atoms with Crippen LogP contribution in [0.15, 0.2) is 30.5 Å². The summed E-state index contributed by atoms with van der Waals surface area (Å²) in [5.74, 6) is 0.0980. The Bertz CT molecular complexity index is 1090. The molecule has 5 N–H and O–H groups in total. The number of imidazole rings is 1. The number of aromatic nitrogens is 3. The lowest BCUT2D eigenvalue weighted by Crippen LogP contribution is -2.11. The number of hydrogen-bond acceptors (Lipinski definition) is 6. The average Bonchev–Trinajstić information content (AvgIpc) is 3.35. The van der Waals surface area contributed by atoms with Gasteiger partial charge in [0.1, 0.15) is 5.82 Å². The van der Waals surface area contributed by atoms with Crippen molar-refractivity contribution in [2.24, 2.45) is 0 Å². The van der Waals surface area contributed by atoms with Gasteiger partial charge in [-0.15, -0.1) is 5.10 Å². The van der Waals surface area contributed by atoms with Gasteiger partial charge >= 0.3 is 6.18 Å². The Kier molecular flexibility index (Phi) is 4.44. The van der Waals surface area contributed by atoms with Gasteiger partial charge in [-0.25, -0.2) is 4.98 Å². The number of amides is 1. The van der Waals surface area contributed by atoms with Gasteiger partial charge in [0.2, 0.25) is 5.91 Å². The second kappa shape index (κ2) is 6.83. The zero-order valence-electron chi connectivity index (χ0n) is 15.3. The summed E-state index contributed by atoms with van der Waals surface area (Å²) in [4.78, 5) is 15.5. The second-order valence-corrected chi connectivity index (χ2v) is 6.88. The van der Waals surface area contributed by atoms with Crippen LogP contribution in [0.1, 0.15) is 25.3 Å². The molecule has 0 atom stereocenters. The van der Waals surface area contributed by atoms with E-state index < -0.39 is 17.6 Å². The first kappa shape index (κ1) is 18.8. The van der Waals surface area contributed by atoms with Crippen LogP contribution in [-0.4, -0.2) is 26.5 Å². The van der Waals surface area contributed by atoms with Crippen LogP contribution in [0.3, 0.4) is 0 Å². The van der Waals surface area contributed by atoms with Crippen molar-refractivity contribution >= 4 is 40.3 Å². The van der Waals surface area contributed by atoms with Gasteiger partial charge in [0.25, 0.3) is 0 Å². The van der Waals surface area contributed by atoms with E-state index >= 15 is 0 Å². The van der Waals surface area contributed by atoms with Crippen LogP contribution in [-0.2, 0) is 11.0 Å². The van der Waals surface area contributed by atoms with E-state index in [9.17, 15) is 18.0 Å². The molecule has 0 unspecified atom stereocenters. The zero-order chi connectivity index (χ0) is 20.8. The predicted molar refractivity (Wildman–Crippen MR) is 103 cm³/mol. The van der Waals surface area contributed by atoms with Gasteiger partial charge in [-0.05, 0) is 31.0 Å². The van der Waals surface area contributed by atoms with Gasteiger partial charge in [-0.3, -0.25) is 4.79 Å². The number of halogens is 3. The number of alkyl halides is 3. The highest BCUT2D eigenvalue weighted by molar-refractivity contribution is 5.89. The monoisotopic (exact) mass is 405 g/mol. The Labute approximate surface area is 163 Å². The number of nitrogen functional groups attached to an aromatic ring is 1. The molecule has 4 rings (SSSR count). The van der Waals surface area contributed by atoms with Gasteiger partial charge in [-0.1, -0.05) is 0 Å². The number of fused-ring (bicyclic) bond motifs is 1. The molecule has 3 aromatic rings. The summed E-state index contributed by atoms with van der Waals surface area (Å²) >= 11 is 0. The molecule has 0 spiro atoms. The molecule has 0 radical (unpaired) electrons. The van der Waals surface area contributed by atoms with Gasteiger partial charge in [0.15, 0.2) is 11.5 Å². The molecule has 11 heteroatoms. The fraction of sp³-hybridized carbons (Fsp3) is 0.278. The third kappa shape index (κ3) is 4.18. The third-order valence-electron chi connectivity index (χ3n) is 4.28. The minimum absolute atomic E-state index is 0.0226. The zero-order valence-corrected chi connectivity index (χ0v) is 15.3. The van der Waals surface area contributed by atoms with Crippen molar-refractivity contribution in [1.29, 1.82) is 0 Å². The van der Waals surface area contributed by atoms with Crippen LogP contribution in [0, 0.1) is 0 Å². The van der Waals surface area contributed by atoms with E-state index in [1.54, 1.807) is 6.07 Å². The van der Waals surface area contributed by atoms with E-state index in [-0.39, 0.29) is 17.2 Å². The lowest BCUT2D eigenvalue weighted by molar-refractivity contribution is -0.137. The van der Waals surface area contributed by atoms with Crippen molar-refractivity contribution in [3.63, 3.8) is 0 Å². The van der Waals surface area contributed by atoms with Gasteiger partial charge in [-0.2, -0.15) is 17.7 Å². The number of nitrogens with two attached hydrogens (primary N) is 1. The van der Waals surface area contributed by atoms with E-state index in [4.69, 9.17) is 5.73 Å². The Morgan fingerprint density at radius 3 is 2.59 bits per heavy atom. The molecule has 152 valence electrons. The second-order valence-electron chi connectivity index (χ2n) is 6.88. The summed E-state index contributed by atoms with van der Waals surface area (Å²) in [7, 11) is 0. The highest BCUT2D eigenvalue weighted by Gasteiger charge is 2.31. The standard InChI is InChI=1S/C18H18F3N7O/c1-9(29)24-12-4-10(18(19,20)21)5-13(6-12)26-16-7-14(25-11-2-3-11)17-23-8-15(22)28(17)27-16/h4-8,11,25H,2-3,22H2,1H3,(H,24,29)(H,26,27). The molecule has 0 saturated heterocycles. The maximum atomic E-state index is 13.3. The van der Waals surface area contributed by atoms with Gasteiger partial charge in [0.05, 0.1) is 17.4 Å². The average molecular weight is 405 g/mol. The first-order chi connectivity index (χ1) is 13.7. The number of anilines is 5. The number of rotatable bonds is 5. The molecule has 1 aromatic carbocycles. The summed E-state index contributed by atoms with van der Waals surface area (Å²) in [6.07, 6.45) is -1.05. The molecule has 0 bridgehead atoms. The quantitative estimate of drug-likeness (QED) is 0.516. The molecule has 1 amide bonds. The van der Waals surface area contributed by atoms with E-state index in [2.05, 4.69) is 26.0 Å². The molecule has 1 aliphatic carbocycles. The van der Waals surface area contributed by atoms with Crippen molar-refractivity contribution in [3.8, 4) is 0 Å². The lowest BCUT2D eigenvalue weighted by atomic mass is 10.1. The Balaban J connectivity index is 1.73. The highest BCUT2D eigenvalue weighted by atomic mass is 19.4. The van der Waals surface area contributed by atoms with E-state index in [0.29, 0.717) is 23.2 Å². The summed E-state index contributed by atoms with van der Waals surface area (Å²) in [6, 6.07) is 5.21. The molecular formula is C18H18F3N7O. The van der Waals surface area contributed by atoms with E-state index in [0.717, 1.165) is 25.0 Å². The predicted octanol–water partition coefficient (Wildman–Crippen LogP) is 3.61. The first-order valence-electron chi connectivity index (χ1n) is 8.87. The Morgan fingerprint density at radius 1 is 1.21 bits per heavy atom. The van der Waals surface area contributed by atoms with Crippen LogP contribution in [0.4, 0.5) is 41.9 Å². The highest BCUT2D eigenvalue weighted by Crippen LogP contribution is 2.35. The molecule has 2 aromatic heterocycles. The van der Waals surface area contributed by atoms with Crippen molar-refractivity contribution < 1.29 is 18.0 Å². The Hall–Kier alpha value is -3.50. The van der Waals surface area contributed by atoms with Crippen molar-refractivity contribution in [2.75, 3.05) is 21.7 Å². The molecule has 0 aliphatic heterocycles. The van der Waals surface area contributed by atoms with Crippen molar-refractivity contribution in [2.45, 2.75) is 32.0 Å². The fourth-order valence-electron chi connectivity index (χ4n) is 2.89. The van der Waals surface area contributed by atoms with Crippen molar-refractivity contribution in [1.82, 2.24) is 14.6 Å². The minimum atomic E-state index is -4.57. The third-order valence-corrected chi connectivity index (χ3v) is 4.28. The van der Waals surface area contributed by atoms with Crippen molar-refractivity contribution in [3.05, 3.63) is 36.0 Å². The topological polar surface area (TPSA) is 109 Å². The SMILES string of the molecule is CC(=O)Nc1cc(Nc2cc(NC3CC3)c3ncc(N)n3n2)cc(C(F)(F)F)c1. The van der Waals surface area contributed by atoms with Gasteiger partial charge < -0.3 is 21.7 Å². The van der Waals surface area contributed by atoms with E-state index in [1.165, 1.54) is 23.7 Å². The molecular weight excluding hydrogens is 387 g/mol. The van der Waals surface area contributed by atoms with Crippen LogP contribution in [0.25, 0.3) is 5.65 Å². The first-order valence-corrected chi connectivity index (χ1v) is 8.87. The number of carbonyl (C=O) groups is 1. The number of hydrogen-bond donors (Lipinski definition) is 4. The molecule has 2 heterocycles. The maximum absolute atomic E-state index is 13.3. The number of nitrogens with zero attached hydrogens (tertiary/aromatic N) is 3. The summed E-state index contributed by atoms with van der Waals surface area (Å²) in [5.41, 5.74) is 6.35. The largest absolute Gasteiger partial charge is 0.416 e. The van der Waals surface area contributed by atoms with Gasteiger partial charge in [0, 0.05) is 30.4 Å². The molecule has 1 saturated carbocycles. The minimum Gasteiger partial charge on any atom is -0.382 e. The maximum Gasteiger partial charge on any atom is 0.416 e. The number of carbonyl (C=O) groups excluding carboxylic acids is 1. The van der Waals surface area contributed by atoms with Crippen LogP contribution >= 0.6 is 0 Å².